The van der Waals surface area contributed by atoms with Crippen molar-refractivity contribution >= 4 is 17.9 Å². The molecular weight excluding hydrogens is 775 g/mol. The molecule has 62 heavy (non-hydrogen) atoms. The molecule has 0 heterocycles. The molecule has 2 unspecified atom stereocenters. The van der Waals surface area contributed by atoms with Crippen molar-refractivity contribution < 1.29 is 38.2 Å². The van der Waals surface area contributed by atoms with E-state index in [1.54, 1.807) is 21.1 Å². The van der Waals surface area contributed by atoms with Gasteiger partial charge in [-0.3, -0.25) is 9.59 Å². The van der Waals surface area contributed by atoms with E-state index in [0.717, 1.165) is 103 Å². The van der Waals surface area contributed by atoms with Crippen LogP contribution in [0.3, 0.4) is 0 Å². The van der Waals surface area contributed by atoms with E-state index in [1.165, 1.54) is 51.4 Å². The van der Waals surface area contributed by atoms with Crippen LogP contribution in [0.1, 0.15) is 187 Å². The standard InChI is InChI=1S/C54H91NO7/c1-6-8-10-12-14-16-18-20-22-24-26-28-30-32-34-36-38-40-42-44-52(56)61-49-50(48-60-47-46-51(54(58)59)55(3,4)5)62-53(57)45-43-41-39-37-35-33-31-29-27-25-23-21-19-17-15-13-11-9-7-2/h9,11,14-17,20-23,26-29,50-51H,6-8,10,12-13,18-19,24-25,30-49H2,1-5H3/b11-9-,16-14-,17-15-,22-20-,23-21-,28-26-,29-27-. The number of carboxylic acids is 1. The van der Waals surface area contributed by atoms with Crippen LogP contribution in [0.15, 0.2) is 85.1 Å². The summed E-state index contributed by atoms with van der Waals surface area (Å²) in [6.45, 7) is 4.49. The van der Waals surface area contributed by atoms with Gasteiger partial charge in [-0.15, -0.1) is 0 Å². The van der Waals surface area contributed by atoms with Gasteiger partial charge in [0.2, 0.25) is 0 Å². The average Bonchev–Trinajstić information content (AvgIpc) is 3.23. The van der Waals surface area contributed by atoms with Gasteiger partial charge in [-0.2, -0.15) is 0 Å². The first-order valence-corrected chi connectivity index (χ1v) is 24.6. The lowest BCUT2D eigenvalue weighted by atomic mass is 10.1. The fourth-order valence-electron chi connectivity index (χ4n) is 6.71. The van der Waals surface area contributed by atoms with E-state index in [2.05, 4.69) is 98.9 Å². The summed E-state index contributed by atoms with van der Waals surface area (Å²) < 4.78 is 17.2. The van der Waals surface area contributed by atoms with Crippen LogP contribution in [-0.2, 0) is 28.6 Å². The molecule has 0 N–H and O–H groups in total. The molecule has 2 atom stereocenters. The van der Waals surface area contributed by atoms with Crippen LogP contribution in [0.25, 0.3) is 0 Å². The molecule has 0 saturated carbocycles. The molecule has 0 aromatic rings. The first kappa shape index (κ1) is 58.5. The second kappa shape index (κ2) is 44.1. The quantitative estimate of drug-likeness (QED) is 0.0260. The Morgan fingerprint density at radius 3 is 1.34 bits per heavy atom. The highest BCUT2D eigenvalue weighted by Gasteiger charge is 2.25. The molecule has 8 nitrogen and oxygen atoms in total. The van der Waals surface area contributed by atoms with Gasteiger partial charge in [-0.05, 0) is 89.9 Å². The van der Waals surface area contributed by atoms with Gasteiger partial charge in [0.1, 0.15) is 12.6 Å². The summed E-state index contributed by atoms with van der Waals surface area (Å²) in [5.74, 6) is -1.78. The van der Waals surface area contributed by atoms with Crippen LogP contribution >= 0.6 is 0 Å². The number of unbranched alkanes of at least 4 members (excludes halogenated alkanes) is 15. The largest absolute Gasteiger partial charge is 0.544 e. The Bertz CT molecular complexity index is 1290. The molecular formula is C54H91NO7. The Kier molecular flexibility index (Phi) is 41.6. The molecule has 0 fully saturated rings. The zero-order chi connectivity index (χ0) is 45.6. The van der Waals surface area contributed by atoms with Crippen LogP contribution in [0.4, 0.5) is 0 Å². The van der Waals surface area contributed by atoms with Crippen LogP contribution in [0, 0.1) is 0 Å². The molecule has 0 aromatic heterocycles. The van der Waals surface area contributed by atoms with Gasteiger partial charge < -0.3 is 28.6 Å². The number of allylic oxidation sites excluding steroid dienone is 14. The van der Waals surface area contributed by atoms with Crippen molar-refractivity contribution in [3.8, 4) is 0 Å². The lowest BCUT2D eigenvalue weighted by molar-refractivity contribution is -0.889. The van der Waals surface area contributed by atoms with Gasteiger partial charge in [0, 0.05) is 19.3 Å². The number of carbonyl (C=O) groups excluding carboxylic acids is 3. The molecule has 0 aliphatic carbocycles. The highest BCUT2D eigenvalue weighted by Crippen LogP contribution is 2.13. The minimum atomic E-state index is -1.13. The molecule has 0 aromatic carbocycles. The smallest absolute Gasteiger partial charge is 0.306 e. The minimum absolute atomic E-state index is 0.0257. The van der Waals surface area contributed by atoms with Crippen molar-refractivity contribution in [2.24, 2.45) is 0 Å². The van der Waals surface area contributed by atoms with Gasteiger partial charge in [-0.25, -0.2) is 0 Å². The third-order valence-electron chi connectivity index (χ3n) is 10.5. The van der Waals surface area contributed by atoms with Crippen LogP contribution in [0.5, 0.6) is 0 Å². The number of rotatable bonds is 43. The Hall–Kier alpha value is -3.49. The summed E-state index contributed by atoms with van der Waals surface area (Å²) in [5, 5.41) is 11.7. The Labute approximate surface area is 380 Å². The topological polar surface area (TPSA) is 102 Å². The molecule has 8 heteroatoms. The van der Waals surface area contributed by atoms with E-state index in [9.17, 15) is 19.5 Å². The lowest BCUT2D eigenvalue weighted by Crippen LogP contribution is -2.55. The van der Waals surface area contributed by atoms with Crippen LogP contribution < -0.4 is 5.11 Å². The third-order valence-corrected chi connectivity index (χ3v) is 10.5. The molecule has 0 spiro atoms. The molecule has 0 saturated heterocycles. The van der Waals surface area contributed by atoms with Crippen molar-refractivity contribution in [2.45, 2.75) is 199 Å². The van der Waals surface area contributed by atoms with E-state index < -0.39 is 18.1 Å². The van der Waals surface area contributed by atoms with E-state index >= 15 is 0 Å². The molecule has 0 radical (unpaired) electrons. The maximum Gasteiger partial charge on any atom is 0.306 e. The molecule has 354 valence electrons. The van der Waals surface area contributed by atoms with E-state index in [-0.39, 0.29) is 42.7 Å². The van der Waals surface area contributed by atoms with E-state index in [0.29, 0.717) is 12.8 Å². The fourth-order valence-corrected chi connectivity index (χ4v) is 6.71. The third kappa shape index (κ3) is 41.8. The predicted molar refractivity (Wildman–Crippen MR) is 258 cm³/mol. The molecule has 0 bridgehead atoms. The highest BCUT2D eigenvalue weighted by atomic mass is 16.6. The summed E-state index contributed by atoms with van der Waals surface area (Å²) in [6.07, 6.45) is 57.4. The summed E-state index contributed by atoms with van der Waals surface area (Å²) in [4.78, 5) is 37.0. The summed E-state index contributed by atoms with van der Waals surface area (Å²) in [6, 6.07) is -0.736. The van der Waals surface area contributed by atoms with Crippen molar-refractivity contribution in [1.82, 2.24) is 0 Å². The van der Waals surface area contributed by atoms with Crippen LogP contribution in [-0.4, -0.2) is 75.5 Å². The number of carboxylic acid groups (broad SMARTS) is 1. The molecule has 0 rings (SSSR count). The monoisotopic (exact) mass is 866 g/mol. The number of hydrogen-bond donors (Lipinski definition) is 0. The molecule has 0 amide bonds. The Morgan fingerprint density at radius 1 is 0.500 bits per heavy atom. The number of aliphatic carboxylic acids is 1. The van der Waals surface area contributed by atoms with Gasteiger partial charge in [0.15, 0.2) is 6.10 Å². The molecule has 0 aliphatic heterocycles. The van der Waals surface area contributed by atoms with Crippen molar-refractivity contribution in [3.05, 3.63) is 85.1 Å². The zero-order valence-electron chi connectivity index (χ0n) is 40.3. The van der Waals surface area contributed by atoms with Gasteiger partial charge in [0.25, 0.3) is 0 Å². The van der Waals surface area contributed by atoms with E-state index in [1.807, 2.05) is 0 Å². The number of likely N-dealkylation sites (N-methyl/N-ethyl adjacent to an activating group) is 1. The number of ether oxygens (including phenoxy) is 3. The first-order valence-electron chi connectivity index (χ1n) is 24.6. The second-order valence-electron chi connectivity index (χ2n) is 17.3. The predicted octanol–water partition coefficient (Wildman–Crippen LogP) is 12.7. The van der Waals surface area contributed by atoms with Crippen molar-refractivity contribution in [1.29, 1.82) is 0 Å². The van der Waals surface area contributed by atoms with Gasteiger partial charge in [-0.1, -0.05) is 163 Å². The highest BCUT2D eigenvalue weighted by molar-refractivity contribution is 5.70. The maximum absolute atomic E-state index is 12.8. The number of hydrogen-bond acceptors (Lipinski definition) is 7. The summed E-state index contributed by atoms with van der Waals surface area (Å²) in [5.41, 5.74) is 0. The lowest BCUT2D eigenvalue weighted by Gasteiger charge is -2.34. The van der Waals surface area contributed by atoms with Crippen molar-refractivity contribution in [2.75, 3.05) is 41.0 Å². The average molecular weight is 866 g/mol. The SMILES string of the molecule is CC/C=C\C/C=C\C/C=C\C/C=C\CCCCCCCCC(=O)OC(COCCC(C(=O)[O-])[N+](C)(C)C)COC(=O)CCCCCCCC/C=C\C/C=C\C/C=C\CCCCC. The number of quaternary nitrogens is 1. The Balaban J connectivity index is 4.35. The van der Waals surface area contributed by atoms with Crippen molar-refractivity contribution in [3.63, 3.8) is 0 Å². The summed E-state index contributed by atoms with van der Waals surface area (Å²) in [7, 11) is 5.40. The van der Waals surface area contributed by atoms with Crippen LogP contribution in [0.2, 0.25) is 0 Å². The maximum atomic E-state index is 12.8. The normalized spacial score (nSPS) is 13.6. The van der Waals surface area contributed by atoms with Gasteiger partial charge >= 0.3 is 11.9 Å². The molecule has 0 aliphatic rings. The second-order valence-corrected chi connectivity index (χ2v) is 17.3. The number of esters is 2. The fraction of sp³-hybridized carbons (Fsp3) is 0.685. The minimum Gasteiger partial charge on any atom is -0.544 e. The summed E-state index contributed by atoms with van der Waals surface area (Å²) >= 11 is 0. The van der Waals surface area contributed by atoms with Gasteiger partial charge in [0.05, 0.1) is 40.3 Å². The first-order chi connectivity index (χ1) is 30.1. The zero-order valence-corrected chi connectivity index (χ0v) is 40.3. The number of carbonyl (C=O) groups is 3. The number of nitrogens with zero attached hydrogens (tertiary/aromatic N) is 1. The Morgan fingerprint density at radius 2 is 0.903 bits per heavy atom. The van der Waals surface area contributed by atoms with E-state index in [4.69, 9.17) is 14.2 Å².